The molecule has 0 radical (unpaired) electrons. The van der Waals surface area contributed by atoms with Crippen molar-refractivity contribution in [2.45, 2.75) is 12.5 Å². The van der Waals surface area contributed by atoms with Gasteiger partial charge in [0.05, 0.1) is 18.2 Å². The van der Waals surface area contributed by atoms with E-state index < -0.39 is 6.04 Å². The summed E-state index contributed by atoms with van der Waals surface area (Å²) in [4.78, 5) is 25.1. The van der Waals surface area contributed by atoms with Gasteiger partial charge in [0.15, 0.2) is 0 Å². The smallest absolute Gasteiger partial charge is 0.251 e. The zero-order chi connectivity index (χ0) is 19.9. The van der Waals surface area contributed by atoms with Crippen molar-refractivity contribution in [3.05, 3.63) is 95.0 Å². The van der Waals surface area contributed by atoms with E-state index in [0.717, 1.165) is 5.56 Å². The number of rotatable bonds is 6. The van der Waals surface area contributed by atoms with E-state index in [2.05, 4.69) is 10.6 Å². The first-order chi connectivity index (χ1) is 13.5. The number of phenolic OH excluding ortho intramolecular Hbond substituents is 1. The summed E-state index contributed by atoms with van der Waals surface area (Å²) in [6.07, 6.45) is -0.00542. The molecule has 142 valence electrons. The number of carbonyl (C=O) groups is 2. The number of hydrogen-bond donors (Lipinski definition) is 3. The number of halogens is 1. The Morgan fingerprint density at radius 2 is 1.57 bits per heavy atom. The SMILES string of the molecule is O=C(CC(NC(=O)c1ccccc1)c1ccccc1)Nc1cc(Cl)ccc1O. The first-order valence-electron chi connectivity index (χ1n) is 8.72. The molecule has 3 aromatic rings. The molecule has 3 aromatic carbocycles. The highest BCUT2D eigenvalue weighted by Crippen LogP contribution is 2.27. The van der Waals surface area contributed by atoms with E-state index in [1.807, 2.05) is 36.4 Å². The molecule has 0 saturated heterocycles. The third-order valence-electron chi connectivity index (χ3n) is 4.17. The number of anilines is 1. The van der Waals surface area contributed by atoms with Crippen LogP contribution in [0.2, 0.25) is 5.02 Å². The number of benzene rings is 3. The summed E-state index contributed by atoms with van der Waals surface area (Å²) in [5.41, 5.74) is 1.53. The van der Waals surface area contributed by atoms with Crippen molar-refractivity contribution in [3.8, 4) is 5.75 Å². The van der Waals surface area contributed by atoms with Crippen LogP contribution in [0, 0.1) is 0 Å². The molecule has 0 spiro atoms. The van der Waals surface area contributed by atoms with Crippen molar-refractivity contribution < 1.29 is 14.7 Å². The zero-order valence-electron chi connectivity index (χ0n) is 14.9. The van der Waals surface area contributed by atoms with Gasteiger partial charge < -0.3 is 15.7 Å². The van der Waals surface area contributed by atoms with Crippen molar-refractivity contribution >= 4 is 29.1 Å². The summed E-state index contributed by atoms with van der Waals surface area (Å²) in [7, 11) is 0. The molecule has 5 nitrogen and oxygen atoms in total. The lowest BCUT2D eigenvalue weighted by Crippen LogP contribution is -2.31. The highest BCUT2D eigenvalue weighted by atomic mass is 35.5. The summed E-state index contributed by atoms with van der Waals surface area (Å²) in [5.74, 6) is -0.713. The molecular formula is C22H19ClN2O3. The second-order valence-electron chi connectivity index (χ2n) is 6.22. The molecule has 1 atom stereocenters. The van der Waals surface area contributed by atoms with Crippen LogP contribution < -0.4 is 10.6 Å². The molecule has 0 fully saturated rings. The fourth-order valence-corrected chi connectivity index (χ4v) is 2.94. The Hall–Kier alpha value is -3.31. The van der Waals surface area contributed by atoms with Crippen LogP contribution in [0.4, 0.5) is 5.69 Å². The van der Waals surface area contributed by atoms with Gasteiger partial charge in [-0.15, -0.1) is 0 Å². The third-order valence-corrected chi connectivity index (χ3v) is 4.40. The maximum Gasteiger partial charge on any atom is 0.251 e. The van der Waals surface area contributed by atoms with Gasteiger partial charge in [0.25, 0.3) is 5.91 Å². The van der Waals surface area contributed by atoms with Crippen LogP contribution in [0.3, 0.4) is 0 Å². The molecule has 2 amide bonds. The first-order valence-corrected chi connectivity index (χ1v) is 9.10. The quantitative estimate of drug-likeness (QED) is 0.537. The normalized spacial score (nSPS) is 11.5. The monoisotopic (exact) mass is 394 g/mol. The first kappa shape index (κ1) is 19.5. The van der Waals surface area contributed by atoms with Gasteiger partial charge in [-0.3, -0.25) is 9.59 Å². The summed E-state index contributed by atoms with van der Waals surface area (Å²) >= 11 is 5.92. The topological polar surface area (TPSA) is 78.4 Å². The molecule has 0 saturated carbocycles. The molecule has 0 aromatic heterocycles. The van der Waals surface area contributed by atoms with Crippen molar-refractivity contribution in [2.24, 2.45) is 0 Å². The van der Waals surface area contributed by atoms with Crippen LogP contribution in [0.15, 0.2) is 78.9 Å². The van der Waals surface area contributed by atoms with Crippen LogP contribution in [0.1, 0.15) is 28.4 Å². The van der Waals surface area contributed by atoms with E-state index in [1.54, 1.807) is 24.3 Å². The predicted octanol–water partition coefficient (Wildman–Crippen LogP) is 4.55. The highest BCUT2D eigenvalue weighted by Gasteiger charge is 2.20. The third kappa shape index (κ3) is 5.11. The van der Waals surface area contributed by atoms with Crippen LogP contribution in [0.25, 0.3) is 0 Å². The van der Waals surface area contributed by atoms with Gasteiger partial charge in [-0.05, 0) is 35.9 Å². The van der Waals surface area contributed by atoms with E-state index in [-0.39, 0.29) is 29.7 Å². The van der Waals surface area contributed by atoms with Crippen molar-refractivity contribution in [1.29, 1.82) is 0 Å². The van der Waals surface area contributed by atoms with Crippen LogP contribution >= 0.6 is 11.6 Å². The van der Waals surface area contributed by atoms with Gasteiger partial charge >= 0.3 is 0 Å². The predicted molar refractivity (Wildman–Crippen MR) is 109 cm³/mol. The maximum absolute atomic E-state index is 12.6. The van der Waals surface area contributed by atoms with Gasteiger partial charge in [-0.1, -0.05) is 60.1 Å². The van der Waals surface area contributed by atoms with E-state index in [0.29, 0.717) is 10.6 Å². The maximum atomic E-state index is 12.6. The Morgan fingerprint density at radius 1 is 0.929 bits per heavy atom. The van der Waals surface area contributed by atoms with E-state index in [1.165, 1.54) is 18.2 Å². The average molecular weight is 395 g/mol. The lowest BCUT2D eigenvalue weighted by molar-refractivity contribution is -0.116. The minimum absolute atomic E-state index is 0.00542. The summed E-state index contributed by atoms with van der Waals surface area (Å²) in [6.45, 7) is 0. The van der Waals surface area contributed by atoms with Crippen LogP contribution in [0.5, 0.6) is 5.75 Å². The molecule has 0 aliphatic rings. The Kier molecular flexibility index (Phi) is 6.29. The number of nitrogens with one attached hydrogen (secondary N) is 2. The molecule has 0 aliphatic heterocycles. The summed E-state index contributed by atoms with van der Waals surface area (Å²) in [6, 6.07) is 21.9. The van der Waals surface area contributed by atoms with E-state index in [9.17, 15) is 14.7 Å². The second kappa shape index (κ2) is 9.06. The molecule has 3 N–H and O–H groups in total. The molecular weight excluding hydrogens is 376 g/mol. The average Bonchev–Trinajstić information content (AvgIpc) is 2.71. The van der Waals surface area contributed by atoms with Gasteiger partial charge in [-0.2, -0.15) is 0 Å². The zero-order valence-corrected chi connectivity index (χ0v) is 15.7. The van der Waals surface area contributed by atoms with Crippen LogP contribution in [-0.2, 0) is 4.79 Å². The number of phenols is 1. The highest BCUT2D eigenvalue weighted by molar-refractivity contribution is 6.31. The largest absolute Gasteiger partial charge is 0.506 e. The number of hydrogen-bond acceptors (Lipinski definition) is 3. The Morgan fingerprint density at radius 3 is 2.25 bits per heavy atom. The molecule has 1 unspecified atom stereocenters. The molecule has 3 rings (SSSR count). The molecule has 0 bridgehead atoms. The van der Waals surface area contributed by atoms with Gasteiger partial charge in [-0.25, -0.2) is 0 Å². The Balaban J connectivity index is 1.76. The van der Waals surface area contributed by atoms with Gasteiger partial charge in [0.2, 0.25) is 5.91 Å². The number of aromatic hydroxyl groups is 1. The molecule has 28 heavy (non-hydrogen) atoms. The molecule has 0 aliphatic carbocycles. The summed E-state index contributed by atoms with van der Waals surface area (Å²) in [5, 5.41) is 15.8. The number of amides is 2. The van der Waals surface area contributed by atoms with Crippen LogP contribution in [-0.4, -0.2) is 16.9 Å². The lowest BCUT2D eigenvalue weighted by atomic mass is 10.0. The van der Waals surface area contributed by atoms with Crippen molar-refractivity contribution in [2.75, 3.05) is 5.32 Å². The van der Waals surface area contributed by atoms with E-state index in [4.69, 9.17) is 11.6 Å². The minimum atomic E-state index is -0.532. The van der Waals surface area contributed by atoms with Gasteiger partial charge in [0, 0.05) is 10.6 Å². The molecule has 0 heterocycles. The standard InChI is InChI=1S/C22H19ClN2O3/c23-17-11-12-20(26)19(13-17)24-21(27)14-18(15-7-3-1-4-8-15)25-22(28)16-9-5-2-6-10-16/h1-13,18,26H,14H2,(H,24,27)(H,25,28). The Labute approximate surface area is 168 Å². The molecule has 6 heteroatoms. The fourth-order valence-electron chi connectivity index (χ4n) is 2.76. The van der Waals surface area contributed by atoms with Crippen molar-refractivity contribution in [1.82, 2.24) is 5.32 Å². The second-order valence-corrected chi connectivity index (χ2v) is 6.65. The van der Waals surface area contributed by atoms with Crippen molar-refractivity contribution in [3.63, 3.8) is 0 Å². The Bertz CT molecular complexity index is 962. The lowest BCUT2D eigenvalue weighted by Gasteiger charge is -2.19. The minimum Gasteiger partial charge on any atom is -0.506 e. The number of carbonyl (C=O) groups excluding carboxylic acids is 2. The van der Waals surface area contributed by atoms with E-state index >= 15 is 0 Å². The van der Waals surface area contributed by atoms with Gasteiger partial charge in [0.1, 0.15) is 5.75 Å². The fraction of sp³-hybridized carbons (Fsp3) is 0.0909. The summed E-state index contributed by atoms with van der Waals surface area (Å²) < 4.78 is 0.